The number of hydrogen-bond donors (Lipinski definition) is 0. The summed E-state index contributed by atoms with van der Waals surface area (Å²) in [6.07, 6.45) is 6.05. The Morgan fingerprint density at radius 3 is 1.89 bits per heavy atom. The van der Waals surface area contributed by atoms with E-state index in [1.165, 1.54) is 38.8 Å². The van der Waals surface area contributed by atoms with Crippen LogP contribution in [0.5, 0.6) is 0 Å². The molecule has 0 aromatic rings. The van der Waals surface area contributed by atoms with Gasteiger partial charge in [-0.2, -0.15) is 0 Å². The van der Waals surface area contributed by atoms with Crippen LogP contribution in [0.1, 0.15) is 53.4 Å². The van der Waals surface area contributed by atoms with Gasteiger partial charge in [0.15, 0.2) is 0 Å². The van der Waals surface area contributed by atoms with Crippen LogP contribution in [0, 0.1) is 0 Å². The predicted octanol–water partition coefficient (Wildman–Crippen LogP) is 2.96. The average molecular weight is 256 g/mol. The number of nitrogens with zero attached hydrogens (tertiary/aromatic N) is 2. The van der Waals surface area contributed by atoms with Gasteiger partial charge in [0.2, 0.25) is 0 Å². The molecule has 0 spiro atoms. The lowest BCUT2D eigenvalue weighted by atomic mass is 10.2. The zero-order valence-electron chi connectivity index (χ0n) is 12.8. The third-order valence-electron chi connectivity index (χ3n) is 3.82. The molecule has 0 bridgehead atoms. The minimum Gasteiger partial charge on any atom is -0.352 e. The molecule has 0 amide bonds. The Morgan fingerprint density at radius 1 is 0.889 bits per heavy atom. The van der Waals surface area contributed by atoms with Crippen molar-refractivity contribution in [3.8, 4) is 0 Å². The maximum Gasteiger partial charge on any atom is 0.139 e. The van der Waals surface area contributed by atoms with Crippen molar-refractivity contribution in [2.45, 2.75) is 65.7 Å². The SMILES string of the molecule is CCCCN(CCCC)CC1OC1N(CC)CC. The normalized spacial score (nSPS) is 23.0. The van der Waals surface area contributed by atoms with Crippen LogP contribution in [0.4, 0.5) is 0 Å². The van der Waals surface area contributed by atoms with Gasteiger partial charge in [-0.3, -0.25) is 4.90 Å². The molecule has 2 unspecified atom stereocenters. The Bertz CT molecular complexity index is 199. The highest BCUT2D eigenvalue weighted by atomic mass is 16.6. The summed E-state index contributed by atoms with van der Waals surface area (Å²) in [5.74, 6) is 0. The quantitative estimate of drug-likeness (QED) is 0.530. The Morgan fingerprint density at radius 2 is 1.44 bits per heavy atom. The highest BCUT2D eigenvalue weighted by Crippen LogP contribution is 2.26. The summed E-state index contributed by atoms with van der Waals surface area (Å²) in [5, 5.41) is 0. The van der Waals surface area contributed by atoms with E-state index in [2.05, 4.69) is 37.5 Å². The summed E-state index contributed by atoms with van der Waals surface area (Å²) >= 11 is 0. The first-order chi connectivity index (χ1) is 8.76. The van der Waals surface area contributed by atoms with Gasteiger partial charge in [0.05, 0.1) is 0 Å². The molecule has 3 nitrogen and oxygen atoms in total. The van der Waals surface area contributed by atoms with Gasteiger partial charge in [-0.1, -0.05) is 40.5 Å². The lowest BCUT2D eigenvalue weighted by Crippen LogP contribution is -2.34. The summed E-state index contributed by atoms with van der Waals surface area (Å²) in [7, 11) is 0. The van der Waals surface area contributed by atoms with Crippen molar-refractivity contribution in [1.82, 2.24) is 9.80 Å². The van der Waals surface area contributed by atoms with Crippen LogP contribution in [0.25, 0.3) is 0 Å². The molecule has 1 aliphatic rings. The van der Waals surface area contributed by atoms with Crippen molar-refractivity contribution in [3.05, 3.63) is 0 Å². The summed E-state index contributed by atoms with van der Waals surface area (Å²) in [4.78, 5) is 5.02. The highest BCUT2D eigenvalue weighted by molar-refractivity contribution is 4.87. The van der Waals surface area contributed by atoms with Crippen molar-refractivity contribution >= 4 is 0 Å². The topological polar surface area (TPSA) is 19.0 Å². The number of hydrogen-bond acceptors (Lipinski definition) is 3. The first-order valence-electron chi connectivity index (χ1n) is 7.88. The Labute approximate surface area is 113 Å². The molecule has 0 aliphatic carbocycles. The third kappa shape index (κ3) is 5.25. The molecule has 1 aliphatic heterocycles. The fourth-order valence-corrected chi connectivity index (χ4v) is 2.48. The summed E-state index contributed by atoms with van der Waals surface area (Å²) in [6, 6.07) is 0. The Balaban J connectivity index is 2.28. The molecule has 3 heteroatoms. The molecule has 0 aromatic carbocycles. The van der Waals surface area contributed by atoms with Gasteiger partial charge in [0, 0.05) is 6.54 Å². The van der Waals surface area contributed by atoms with Crippen molar-refractivity contribution in [2.24, 2.45) is 0 Å². The van der Waals surface area contributed by atoms with E-state index in [1.54, 1.807) is 0 Å². The fourth-order valence-electron chi connectivity index (χ4n) is 2.48. The molecule has 1 rings (SSSR count). The molecule has 108 valence electrons. The lowest BCUT2D eigenvalue weighted by Gasteiger charge is -2.21. The lowest BCUT2D eigenvalue weighted by molar-refractivity contribution is 0.189. The van der Waals surface area contributed by atoms with Crippen LogP contribution in [-0.4, -0.2) is 54.9 Å². The molecule has 1 fully saturated rings. The van der Waals surface area contributed by atoms with Gasteiger partial charge in [0.1, 0.15) is 12.3 Å². The van der Waals surface area contributed by atoms with Crippen LogP contribution in [-0.2, 0) is 4.74 Å². The summed E-state index contributed by atoms with van der Waals surface area (Å²) in [6.45, 7) is 14.8. The van der Waals surface area contributed by atoms with Gasteiger partial charge in [-0.05, 0) is 39.0 Å². The van der Waals surface area contributed by atoms with E-state index in [0.29, 0.717) is 12.3 Å². The van der Waals surface area contributed by atoms with E-state index >= 15 is 0 Å². The minimum atomic E-state index is 0.394. The molecule has 18 heavy (non-hydrogen) atoms. The largest absolute Gasteiger partial charge is 0.352 e. The van der Waals surface area contributed by atoms with E-state index in [-0.39, 0.29) is 0 Å². The van der Waals surface area contributed by atoms with Crippen molar-refractivity contribution < 1.29 is 4.74 Å². The monoisotopic (exact) mass is 256 g/mol. The molecule has 2 atom stereocenters. The zero-order valence-corrected chi connectivity index (χ0v) is 12.8. The van der Waals surface area contributed by atoms with E-state index in [0.717, 1.165) is 19.6 Å². The maximum atomic E-state index is 5.84. The highest BCUT2D eigenvalue weighted by Gasteiger charge is 2.43. The summed E-state index contributed by atoms with van der Waals surface area (Å²) in [5.41, 5.74) is 0. The molecular formula is C15H32N2O. The van der Waals surface area contributed by atoms with E-state index in [1.807, 2.05) is 0 Å². The van der Waals surface area contributed by atoms with E-state index < -0.39 is 0 Å². The van der Waals surface area contributed by atoms with Crippen molar-refractivity contribution in [1.29, 1.82) is 0 Å². The standard InChI is InChI=1S/C15H32N2O/c1-5-9-11-16(12-10-6-2)13-14-15(18-14)17(7-3)8-4/h14-15H,5-13H2,1-4H3. The third-order valence-corrected chi connectivity index (χ3v) is 3.82. The second-order valence-electron chi connectivity index (χ2n) is 5.29. The summed E-state index contributed by atoms with van der Waals surface area (Å²) < 4.78 is 5.84. The predicted molar refractivity (Wildman–Crippen MR) is 77.8 cm³/mol. The van der Waals surface area contributed by atoms with Gasteiger partial charge in [0.25, 0.3) is 0 Å². The van der Waals surface area contributed by atoms with Gasteiger partial charge in [-0.15, -0.1) is 0 Å². The van der Waals surface area contributed by atoms with Crippen molar-refractivity contribution in [3.63, 3.8) is 0 Å². The van der Waals surface area contributed by atoms with Crippen molar-refractivity contribution in [2.75, 3.05) is 32.7 Å². The first kappa shape index (κ1) is 15.9. The molecular weight excluding hydrogens is 224 g/mol. The number of epoxide rings is 1. The maximum absolute atomic E-state index is 5.84. The van der Waals surface area contributed by atoms with E-state index in [4.69, 9.17) is 4.74 Å². The number of unbranched alkanes of at least 4 members (excludes halogenated alkanes) is 2. The van der Waals surface area contributed by atoms with Crippen LogP contribution in [0.2, 0.25) is 0 Å². The molecule has 0 saturated carbocycles. The van der Waals surface area contributed by atoms with Crippen LogP contribution in [0.3, 0.4) is 0 Å². The second kappa shape index (κ2) is 8.89. The van der Waals surface area contributed by atoms with Gasteiger partial charge < -0.3 is 9.64 Å². The molecule has 0 N–H and O–H groups in total. The van der Waals surface area contributed by atoms with Crippen LogP contribution in [0.15, 0.2) is 0 Å². The fraction of sp³-hybridized carbons (Fsp3) is 1.00. The van der Waals surface area contributed by atoms with Crippen LogP contribution >= 0.6 is 0 Å². The molecule has 1 saturated heterocycles. The Kier molecular flexibility index (Phi) is 7.87. The average Bonchev–Trinajstić information content (AvgIpc) is 3.13. The van der Waals surface area contributed by atoms with Gasteiger partial charge in [-0.25, -0.2) is 0 Å². The Hall–Kier alpha value is -0.120. The molecule has 1 heterocycles. The smallest absolute Gasteiger partial charge is 0.139 e. The number of likely N-dealkylation sites (N-methyl/N-ethyl adjacent to an activating group) is 1. The van der Waals surface area contributed by atoms with Crippen LogP contribution < -0.4 is 0 Å². The number of rotatable bonds is 11. The molecule has 0 radical (unpaired) electrons. The van der Waals surface area contributed by atoms with E-state index in [9.17, 15) is 0 Å². The zero-order chi connectivity index (χ0) is 13.4. The number of ether oxygens (including phenoxy) is 1. The van der Waals surface area contributed by atoms with Gasteiger partial charge >= 0.3 is 0 Å². The second-order valence-corrected chi connectivity index (χ2v) is 5.29. The minimum absolute atomic E-state index is 0.394. The molecule has 0 aromatic heterocycles. The first-order valence-corrected chi connectivity index (χ1v) is 7.88.